The number of aryl methyl sites for hydroxylation is 1. The minimum absolute atomic E-state index is 0.356. The van der Waals surface area contributed by atoms with E-state index in [0.29, 0.717) is 11.4 Å². The Bertz CT molecular complexity index is 1680. The molecule has 1 N–H and O–H groups in total. The van der Waals surface area contributed by atoms with Gasteiger partial charge in [0.2, 0.25) is 0 Å². The molecule has 5 aromatic rings. The number of hydrogen-bond donors (Lipinski definition) is 1. The number of amides is 1. The van der Waals surface area contributed by atoms with Gasteiger partial charge in [-0.25, -0.2) is 4.98 Å². The van der Waals surface area contributed by atoms with Gasteiger partial charge in [-0.1, -0.05) is 43.3 Å². The summed E-state index contributed by atoms with van der Waals surface area (Å²) in [7, 11) is 0. The molecule has 0 aliphatic carbocycles. The highest BCUT2D eigenvalue weighted by molar-refractivity contribution is 6.47. The van der Waals surface area contributed by atoms with Crippen LogP contribution in [-0.2, 0) is 11.2 Å². The predicted octanol–water partition coefficient (Wildman–Crippen LogP) is 6.10. The van der Waals surface area contributed by atoms with Gasteiger partial charge in [0, 0.05) is 61.0 Å². The topological polar surface area (TPSA) is 70.0 Å². The van der Waals surface area contributed by atoms with Gasteiger partial charge in [0.25, 0.3) is 11.7 Å². The van der Waals surface area contributed by atoms with Crippen molar-refractivity contribution in [2.45, 2.75) is 19.8 Å². The largest absolute Gasteiger partial charge is 0.370 e. The third-order valence-electron chi connectivity index (χ3n) is 7.71. The lowest BCUT2D eigenvalue weighted by molar-refractivity contribution is -0.112. The van der Waals surface area contributed by atoms with Gasteiger partial charge in [-0.05, 0) is 78.6 Å². The molecule has 1 aliphatic rings. The summed E-state index contributed by atoms with van der Waals surface area (Å²) >= 11 is 0. The molecule has 7 heteroatoms. The summed E-state index contributed by atoms with van der Waals surface area (Å²) in [6.07, 6.45) is 5.74. The van der Waals surface area contributed by atoms with Gasteiger partial charge in [-0.2, -0.15) is 0 Å². The zero-order chi connectivity index (χ0) is 28.2. The van der Waals surface area contributed by atoms with E-state index in [1.165, 1.54) is 5.56 Å². The third-order valence-corrected chi connectivity index (χ3v) is 7.71. The molecule has 0 spiro atoms. The number of ketones is 1. The lowest BCUT2D eigenvalue weighted by atomic mass is 10.0. The number of rotatable bonds is 7. The zero-order valence-corrected chi connectivity index (χ0v) is 23.2. The average Bonchev–Trinajstić information content (AvgIpc) is 3.24. The number of nitrogens with zero attached hydrogens (tertiary/aromatic N) is 4. The van der Waals surface area contributed by atoms with Gasteiger partial charge < -0.3 is 19.5 Å². The minimum Gasteiger partial charge on any atom is -0.370 e. The van der Waals surface area contributed by atoms with E-state index in [9.17, 15) is 9.59 Å². The maximum atomic E-state index is 13.5. The van der Waals surface area contributed by atoms with E-state index in [-0.39, 0.29) is 0 Å². The lowest BCUT2D eigenvalue weighted by Crippen LogP contribution is -2.31. The smallest absolute Gasteiger partial charge is 0.298 e. The summed E-state index contributed by atoms with van der Waals surface area (Å²) in [5.74, 6) is -0.196. The Morgan fingerprint density at radius 3 is 2.39 bits per heavy atom. The van der Waals surface area contributed by atoms with E-state index in [4.69, 9.17) is 0 Å². The van der Waals surface area contributed by atoms with Gasteiger partial charge in [-0.15, -0.1) is 0 Å². The normalized spacial score (nSPS) is 13.7. The van der Waals surface area contributed by atoms with E-state index in [0.717, 1.165) is 67.2 Å². The van der Waals surface area contributed by atoms with E-state index in [1.54, 1.807) is 4.40 Å². The molecule has 4 heterocycles. The molecule has 1 saturated heterocycles. The number of nitrogens with one attached hydrogen (secondary N) is 1. The van der Waals surface area contributed by atoms with Crippen molar-refractivity contribution in [1.82, 2.24) is 9.38 Å². The van der Waals surface area contributed by atoms with Crippen molar-refractivity contribution in [1.29, 1.82) is 0 Å². The monoisotopic (exact) mass is 543 g/mol. The number of carbonyl (C=O) groups is 2. The first-order valence-corrected chi connectivity index (χ1v) is 14.2. The van der Waals surface area contributed by atoms with Crippen LogP contribution in [0.2, 0.25) is 0 Å². The molecule has 6 rings (SSSR count). The van der Waals surface area contributed by atoms with Crippen LogP contribution in [-0.4, -0.2) is 47.3 Å². The van der Waals surface area contributed by atoms with Crippen LogP contribution in [0.5, 0.6) is 0 Å². The molecule has 0 unspecified atom stereocenters. The fraction of sp³-hybridized carbons (Fsp3) is 0.206. The van der Waals surface area contributed by atoms with Crippen LogP contribution in [0.4, 0.5) is 17.2 Å². The number of pyridine rings is 2. The van der Waals surface area contributed by atoms with Crippen LogP contribution in [0, 0.1) is 0 Å². The number of Topliss-reactive ketones (excluding diaryl/α,β-unsaturated/α-hetero) is 1. The molecule has 41 heavy (non-hydrogen) atoms. The number of anilines is 3. The third kappa shape index (κ3) is 5.57. The van der Waals surface area contributed by atoms with Gasteiger partial charge in [-0.3, -0.25) is 9.59 Å². The van der Waals surface area contributed by atoms with Crippen LogP contribution in [0.15, 0.2) is 103 Å². The fourth-order valence-electron chi connectivity index (χ4n) is 5.50. The standard InChI is InChI=1S/C34H33N5O2/c1-2-25-16-17-35-31(23-25)38-19-8-18-37(21-22-38)28-14-12-27(13-15-28)36-34(41)33(40)32-30(26-9-4-3-5-10-26)24-29-11-6-7-20-39(29)32/h3-7,9-17,20,23-24H,2,8,18-19,21-22H2,1H3,(H,36,41). The Balaban J connectivity index is 1.15. The van der Waals surface area contributed by atoms with Crippen LogP contribution < -0.4 is 15.1 Å². The minimum atomic E-state index is -0.661. The molecular formula is C34H33N5O2. The van der Waals surface area contributed by atoms with Crippen molar-refractivity contribution in [2.75, 3.05) is 41.3 Å². The second-order valence-electron chi connectivity index (χ2n) is 10.3. The van der Waals surface area contributed by atoms with Crippen molar-refractivity contribution in [3.05, 3.63) is 115 Å². The van der Waals surface area contributed by atoms with Crippen LogP contribution in [0.25, 0.3) is 16.6 Å². The first kappa shape index (κ1) is 26.3. The molecule has 7 nitrogen and oxygen atoms in total. The van der Waals surface area contributed by atoms with Gasteiger partial charge in [0.15, 0.2) is 0 Å². The van der Waals surface area contributed by atoms with E-state index >= 15 is 0 Å². The summed E-state index contributed by atoms with van der Waals surface area (Å²) in [5.41, 5.74) is 5.82. The number of fused-ring (bicyclic) bond motifs is 1. The lowest BCUT2D eigenvalue weighted by Gasteiger charge is -2.24. The summed E-state index contributed by atoms with van der Waals surface area (Å²) < 4.78 is 1.78. The Hall–Kier alpha value is -4.91. The second-order valence-corrected chi connectivity index (χ2v) is 10.3. The molecule has 0 radical (unpaired) electrons. The molecule has 206 valence electrons. The molecule has 0 bridgehead atoms. The van der Waals surface area contributed by atoms with E-state index in [2.05, 4.69) is 39.2 Å². The Kier molecular flexibility index (Phi) is 7.50. The number of aromatic nitrogens is 2. The highest BCUT2D eigenvalue weighted by Gasteiger charge is 2.25. The van der Waals surface area contributed by atoms with Gasteiger partial charge in [0.05, 0.1) is 0 Å². The Morgan fingerprint density at radius 2 is 1.59 bits per heavy atom. The van der Waals surface area contributed by atoms with Crippen LogP contribution in [0.1, 0.15) is 29.4 Å². The molecule has 3 aromatic heterocycles. The van der Waals surface area contributed by atoms with Crippen molar-refractivity contribution >= 4 is 34.4 Å². The Labute approximate surface area is 240 Å². The zero-order valence-electron chi connectivity index (χ0n) is 23.2. The average molecular weight is 544 g/mol. The van der Waals surface area contributed by atoms with E-state index in [1.807, 2.05) is 91.3 Å². The maximum Gasteiger partial charge on any atom is 0.298 e. The van der Waals surface area contributed by atoms with Crippen LogP contribution >= 0.6 is 0 Å². The molecule has 0 saturated carbocycles. The number of hydrogen-bond acceptors (Lipinski definition) is 5. The van der Waals surface area contributed by atoms with Gasteiger partial charge in [0.1, 0.15) is 11.5 Å². The first-order valence-electron chi connectivity index (χ1n) is 14.2. The van der Waals surface area contributed by atoms with Crippen molar-refractivity contribution in [3.63, 3.8) is 0 Å². The summed E-state index contributed by atoms with van der Waals surface area (Å²) in [5, 5.41) is 2.82. The summed E-state index contributed by atoms with van der Waals surface area (Å²) in [4.78, 5) is 36.0. The highest BCUT2D eigenvalue weighted by atomic mass is 16.2. The van der Waals surface area contributed by atoms with E-state index < -0.39 is 11.7 Å². The molecule has 1 aliphatic heterocycles. The summed E-state index contributed by atoms with van der Waals surface area (Å²) in [6.45, 7) is 5.84. The molecule has 2 aromatic carbocycles. The van der Waals surface area contributed by atoms with Crippen molar-refractivity contribution in [2.24, 2.45) is 0 Å². The van der Waals surface area contributed by atoms with Gasteiger partial charge >= 0.3 is 0 Å². The molecular weight excluding hydrogens is 510 g/mol. The van der Waals surface area contributed by atoms with Crippen molar-refractivity contribution in [3.8, 4) is 11.1 Å². The number of benzene rings is 2. The fourth-order valence-corrected chi connectivity index (χ4v) is 5.50. The second kappa shape index (κ2) is 11.7. The van der Waals surface area contributed by atoms with Crippen molar-refractivity contribution < 1.29 is 9.59 Å². The SMILES string of the molecule is CCc1ccnc(N2CCCN(c3ccc(NC(=O)C(=O)c4c(-c5ccccc5)cc5ccccn45)cc3)CC2)c1. The summed E-state index contributed by atoms with van der Waals surface area (Å²) in [6, 6.07) is 29.3. The molecule has 1 amide bonds. The first-order chi connectivity index (χ1) is 20.1. The van der Waals surface area contributed by atoms with Crippen LogP contribution in [0.3, 0.4) is 0 Å². The Morgan fingerprint density at radius 1 is 0.829 bits per heavy atom. The molecule has 1 fully saturated rings. The highest BCUT2D eigenvalue weighted by Crippen LogP contribution is 2.29. The number of carbonyl (C=O) groups excluding carboxylic acids is 2. The quantitative estimate of drug-likeness (QED) is 0.198. The molecule has 0 atom stereocenters. The predicted molar refractivity (Wildman–Crippen MR) is 165 cm³/mol. The maximum absolute atomic E-state index is 13.5.